The fourth-order valence-electron chi connectivity index (χ4n) is 2.15. The van der Waals surface area contributed by atoms with E-state index in [0.29, 0.717) is 12.0 Å². The Hall–Kier alpha value is -0.820. The zero-order valence-electron chi connectivity index (χ0n) is 10.9. The van der Waals surface area contributed by atoms with Crippen LogP contribution in [0.15, 0.2) is 24.3 Å². The summed E-state index contributed by atoms with van der Waals surface area (Å²) in [6, 6.07) is 9.08. The molecule has 0 fully saturated rings. The molecule has 1 aromatic carbocycles. The van der Waals surface area contributed by atoms with E-state index in [4.69, 9.17) is 5.73 Å². The highest BCUT2D eigenvalue weighted by molar-refractivity contribution is 5.22. The van der Waals surface area contributed by atoms with E-state index in [-0.39, 0.29) is 0 Å². The maximum atomic E-state index is 6.19. The molecule has 1 nitrogen and oxygen atoms in total. The van der Waals surface area contributed by atoms with Crippen LogP contribution in [0, 0.1) is 12.8 Å². The molecule has 1 heteroatoms. The van der Waals surface area contributed by atoms with Crippen LogP contribution in [0.3, 0.4) is 0 Å². The molecule has 0 saturated heterocycles. The summed E-state index contributed by atoms with van der Waals surface area (Å²) in [4.78, 5) is 0. The average Bonchev–Trinajstić information content (AvgIpc) is 2.26. The number of aryl methyl sites for hydroxylation is 2. The lowest BCUT2D eigenvalue weighted by atomic mass is 9.92. The minimum Gasteiger partial charge on any atom is -0.327 e. The summed E-state index contributed by atoms with van der Waals surface area (Å²) >= 11 is 0. The van der Waals surface area contributed by atoms with Gasteiger partial charge in [0.1, 0.15) is 0 Å². The first kappa shape index (κ1) is 13.2. The van der Waals surface area contributed by atoms with Gasteiger partial charge in [0, 0.05) is 6.04 Å². The van der Waals surface area contributed by atoms with Gasteiger partial charge >= 0.3 is 0 Å². The van der Waals surface area contributed by atoms with E-state index in [1.54, 1.807) is 0 Å². The zero-order valence-corrected chi connectivity index (χ0v) is 10.9. The molecule has 0 amide bonds. The van der Waals surface area contributed by atoms with Crippen molar-refractivity contribution in [3.05, 3.63) is 35.4 Å². The molecule has 0 aliphatic rings. The molecule has 0 aliphatic carbocycles. The predicted molar refractivity (Wildman–Crippen MR) is 71.5 cm³/mol. The van der Waals surface area contributed by atoms with Gasteiger partial charge in [-0.25, -0.2) is 0 Å². The van der Waals surface area contributed by atoms with Crippen molar-refractivity contribution in [2.75, 3.05) is 0 Å². The fourth-order valence-corrected chi connectivity index (χ4v) is 2.15. The third-order valence-electron chi connectivity index (χ3n) is 3.32. The molecule has 0 spiro atoms. The molecule has 0 aliphatic heterocycles. The van der Waals surface area contributed by atoms with Crippen LogP contribution in [-0.2, 0) is 6.42 Å². The molecular weight excluding hydrogens is 194 g/mol. The average molecular weight is 219 g/mol. The molecule has 1 aromatic rings. The number of nitrogens with two attached hydrogens (primary N) is 1. The number of hydrogen-bond acceptors (Lipinski definition) is 1. The summed E-state index contributed by atoms with van der Waals surface area (Å²) in [5, 5.41) is 0. The van der Waals surface area contributed by atoms with Crippen molar-refractivity contribution in [2.45, 2.75) is 52.5 Å². The highest BCUT2D eigenvalue weighted by Crippen LogP contribution is 2.14. The fraction of sp³-hybridized carbons (Fsp3) is 0.600. The molecule has 2 unspecified atom stereocenters. The van der Waals surface area contributed by atoms with E-state index < -0.39 is 0 Å². The van der Waals surface area contributed by atoms with Crippen LogP contribution in [0.4, 0.5) is 0 Å². The van der Waals surface area contributed by atoms with E-state index in [0.717, 1.165) is 12.8 Å². The molecule has 0 bridgehead atoms. The first-order valence-corrected chi connectivity index (χ1v) is 6.44. The maximum absolute atomic E-state index is 6.19. The minimum atomic E-state index is 0.348. The predicted octanol–water partition coefficient (Wildman–Crippen LogP) is 3.69. The van der Waals surface area contributed by atoms with Gasteiger partial charge in [-0.15, -0.1) is 0 Å². The summed E-state index contributed by atoms with van der Waals surface area (Å²) in [6.07, 6.45) is 4.69. The lowest BCUT2D eigenvalue weighted by Gasteiger charge is -2.19. The summed E-state index contributed by atoms with van der Waals surface area (Å²) < 4.78 is 0. The number of hydrogen-bond donors (Lipinski definition) is 1. The van der Waals surface area contributed by atoms with Crippen molar-refractivity contribution in [3.63, 3.8) is 0 Å². The largest absolute Gasteiger partial charge is 0.327 e. The van der Waals surface area contributed by atoms with E-state index in [1.165, 1.54) is 24.0 Å². The maximum Gasteiger partial charge on any atom is 0.00676 e. The van der Waals surface area contributed by atoms with E-state index >= 15 is 0 Å². The second-order valence-electron chi connectivity index (χ2n) is 4.96. The van der Waals surface area contributed by atoms with Gasteiger partial charge in [-0.2, -0.15) is 0 Å². The van der Waals surface area contributed by atoms with E-state index in [1.807, 2.05) is 0 Å². The van der Waals surface area contributed by atoms with Gasteiger partial charge in [0.15, 0.2) is 0 Å². The Morgan fingerprint density at radius 2 is 2.00 bits per heavy atom. The van der Waals surface area contributed by atoms with Crippen LogP contribution in [0.1, 0.15) is 44.2 Å². The van der Waals surface area contributed by atoms with Crippen LogP contribution >= 0.6 is 0 Å². The second-order valence-corrected chi connectivity index (χ2v) is 4.96. The third kappa shape index (κ3) is 4.36. The summed E-state index contributed by atoms with van der Waals surface area (Å²) in [5.41, 5.74) is 8.95. The van der Waals surface area contributed by atoms with Gasteiger partial charge in [-0.1, -0.05) is 50.1 Å². The Morgan fingerprint density at radius 3 is 2.62 bits per heavy atom. The van der Waals surface area contributed by atoms with Crippen LogP contribution < -0.4 is 5.73 Å². The molecule has 16 heavy (non-hydrogen) atoms. The SMILES string of the molecule is CCCC(C)C(N)CCc1cccc(C)c1. The van der Waals surface area contributed by atoms with Crippen molar-refractivity contribution >= 4 is 0 Å². The summed E-state index contributed by atoms with van der Waals surface area (Å²) in [6.45, 7) is 6.64. The van der Waals surface area contributed by atoms with Gasteiger partial charge in [0.25, 0.3) is 0 Å². The van der Waals surface area contributed by atoms with Gasteiger partial charge in [0.05, 0.1) is 0 Å². The Balaban J connectivity index is 2.39. The lowest BCUT2D eigenvalue weighted by molar-refractivity contribution is 0.402. The Bertz CT molecular complexity index is 306. The molecule has 2 atom stereocenters. The topological polar surface area (TPSA) is 26.0 Å². The first-order valence-electron chi connectivity index (χ1n) is 6.44. The normalized spacial score (nSPS) is 14.8. The monoisotopic (exact) mass is 219 g/mol. The smallest absolute Gasteiger partial charge is 0.00676 e. The van der Waals surface area contributed by atoms with Gasteiger partial charge in [-0.05, 0) is 37.7 Å². The van der Waals surface area contributed by atoms with Crippen molar-refractivity contribution in [1.29, 1.82) is 0 Å². The zero-order chi connectivity index (χ0) is 12.0. The molecule has 0 radical (unpaired) electrons. The van der Waals surface area contributed by atoms with E-state index in [2.05, 4.69) is 45.0 Å². The highest BCUT2D eigenvalue weighted by atomic mass is 14.6. The Labute approximate surface area is 100 Å². The van der Waals surface area contributed by atoms with Crippen LogP contribution in [0.2, 0.25) is 0 Å². The van der Waals surface area contributed by atoms with Crippen molar-refractivity contribution < 1.29 is 0 Å². The van der Waals surface area contributed by atoms with Crippen LogP contribution in [0.25, 0.3) is 0 Å². The number of benzene rings is 1. The molecule has 90 valence electrons. The van der Waals surface area contributed by atoms with Crippen LogP contribution in [0.5, 0.6) is 0 Å². The van der Waals surface area contributed by atoms with Crippen molar-refractivity contribution in [2.24, 2.45) is 11.7 Å². The molecule has 0 aromatic heterocycles. The third-order valence-corrected chi connectivity index (χ3v) is 3.32. The van der Waals surface area contributed by atoms with E-state index in [9.17, 15) is 0 Å². The van der Waals surface area contributed by atoms with Gasteiger partial charge < -0.3 is 5.73 Å². The lowest BCUT2D eigenvalue weighted by Crippen LogP contribution is -2.28. The standard InChI is InChI=1S/C15H25N/c1-4-6-13(3)15(16)10-9-14-8-5-7-12(2)11-14/h5,7-8,11,13,15H,4,6,9-10,16H2,1-3H3. The molecule has 1 rings (SSSR count). The van der Waals surface area contributed by atoms with Gasteiger partial charge in [-0.3, -0.25) is 0 Å². The highest BCUT2D eigenvalue weighted by Gasteiger charge is 2.11. The molecule has 0 heterocycles. The minimum absolute atomic E-state index is 0.348. The first-order chi connectivity index (χ1) is 7.63. The van der Waals surface area contributed by atoms with Crippen LogP contribution in [-0.4, -0.2) is 6.04 Å². The Morgan fingerprint density at radius 1 is 1.25 bits per heavy atom. The quantitative estimate of drug-likeness (QED) is 0.776. The molecule has 0 saturated carbocycles. The van der Waals surface area contributed by atoms with Crippen molar-refractivity contribution in [1.82, 2.24) is 0 Å². The molecular formula is C15H25N. The van der Waals surface area contributed by atoms with Gasteiger partial charge in [0.2, 0.25) is 0 Å². The number of rotatable bonds is 6. The van der Waals surface area contributed by atoms with Crippen molar-refractivity contribution in [3.8, 4) is 0 Å². The molecule has 2 N–H and O–H groups in total. The Kier molecular flexibility index (Phi) is 5.54. The second kappa shape index (κ2) is 6.70. The summed E-state index contributed by atoms with van der Waals surface area (Å²) in [5.74, 6) is 0.648. The summed E-state index contributed by atoms with van der Waals surface area (Å²) in [7, 11) is 0.